The molecule has 1 aromatic carbocycles. The minimum Gasteiger partial charge on any atom is -0.508 e. The van der Waals surface area contributed by atoms with Crippen LogP contribution in [0.3, 0.4) is 0 Å². The van der Waals surface area contributed by atoms with Gasteiger partial charge in [0.15, 0.2) is 22.0 Å². The number of benzene rings is 1. The molecule has 5 atom stereocenters. The topological polar surface area (TPSA) is 158 Å². The summed E-state index contributed by atoms with van der Waals surface area (Å²) in [6.45, 7) is 3.98. The highest BCUT2D eigenvalue weighted by Crippen LogP contribution is 2.58. The van der Waals surface area contributed by atoms with Crippen LogP contribution >= 0.6 is 24.0 Å². The minimum absolute atomic E-state index is 0. The first-order chi connectivity index (χ1) is 14.8. The Morgan fingerprint density at radius 3 is 2.39 bits per heavy atom. The number of Topliss-reactive ketones (excluding diaryl/α,β-unsaturated/α-hetero) is 3. The van der Waals surface area contributed by atoms with Gasteiger partial charge in [-0.1, -0.05) is 18.7 Å². The number of fused-ring (bicyclic) bond motifs is 3. The van der Waals surface area contributed by atoms with Crippen molar-refractivity contribution in [2.24, 2.45) is 17.6 Å². The van der Waals surface area contributed by atoms with E-state index < -0.39 is 68.7 Å². The van der Waals surface area contributed by atoms with Crippen molar-refractivity contribution >= 4 is 52.8 Å². The molecule has 3 aliphatic rings. The number of likely N-dealkylation sites (N-methyl/N-ethyl adjacent to an activating group) is 1. The first-order valence-electron chi connectivity index (χ1n) is 9.77. The first kappa shape index (κ1) is 24.9. The molecule has 1 fully saturated rings. The Morgan fingerprint density at radius 2 is 1.85 bits per heavy atom. The van der Waals surface area contributed by atoms with E-state index in [1.165, 1.54) is 31.1 Å². The van der Waals surface area contributed by atoms with E-state index in [0.717, 1.165) is 0 Å². The van der Waals surface area contributed by atoms with E-state index in [2.05, 4.69) is 6.58 Å². The molecule has 33 heavy (non-hydrogen) atoms. The van der Waals surface area contributed by atoms with Crippen LogP contribution in [0.15, 0.2) is 36.1 Å². The van der Waals surface area contributed by atoms with E-state index in [0.29, 0.717) is 5.56 Å². The average Bonchev–Trinajstić information content (AvgIpc) is 2.70. The highest BCUT2D eigenvalue weighted by molar-refractivity contribution is 6.52. The highest BCUT2D eigenvalue weighted by atomic mass is 35.5. The Balaban J connectivity index is 0.00000306. The van der Waals surface area contributed by atoms with Gasteiger partial charge in [-0.15, -0.1) is 24.0 Å². The second-order valence-electron chi connectivity index (χ2n) is 8.62. The second kappa shape index (κ2) is 7.66. The number of alkyl halides is 1. The lowest BCUT2D eigenvalue weighted by Crippen LogP contribution is -2.72. The quantitative estimate of drug-likeness (QED) is 0.265. The third kappa shape index (κ3) is 2.86. The molecule has 0 bridgehead atoms. The lowest BCUT2D eigenvalue weighted by molar-refractivity contribution is -0.160. The van der Waals surface area contributed by atoms with Crippen molar-refractivity contribution in [3.63, 3.8) is 0 Å². The third-order valence-electron chi connectivity index (χ3n) is 6.85. The van der Waals surface area contributed by atoms with Crippen LogP contribution in [0.5, 0.6) is 5.75 Å². The predicted molar refractivity (Wildman–Crippen MR) is 120 cm³/mol. The van der Waals surface area contributed by atoms with E-state index >= 15 is 0 Å². The van der Waals surface area contributed by atoms with Crippen molar-refractivity contribution in [2.75, 3.05) is 14.1 Å². The second-order valence-corrected chi connectivity index (χ2v) is 9.21. The minimum atomic E-state index is -2.83. The van der Waals surface area contributed by atoms with Crippen molar-refractivity contribution in [2.45, 2.75) is 22.9 Å². The Hall–Kier alpha value is -2.72. The van der Waals surface area contributed by atoms with Crippen LogP contribution in [0.4, 0.5) is 0 Å². The number of phenols is 1. The Labute approximate surface area is 199 Å². The molecule has 0 heterocycles. The number of primary amides is 1. The maximum absolute atomic E-state index is 13.8. The number of aliphatic hydroxyl groups excluding tert-OH is 1. The fourth-order valence-corrected chi connectivity index (χ4v) is 5.82. The maximum atomic E-state index is 13.8. The van der Waals surface area contributed by atoms with Gasteiger partial charge in [0.1, 0.15) is 17.1 Å². The van der Waals surface area contributed by atoms with Gasteiger partial charge in [-0.25, -0.2) is 0 Å². The summed E-state index contributed by atoms with van der Waals surface area (Å²) < 4.78 is 0. The zero-order valence-corrected chi connectivity index (χ0v) is 19.2. The number of phenolic OH excluding ortho intramolecular Hbond substituents is 1. The van der Waals surface area contributed by atoms with Crippen molar-refractivity contribution in [1.82, 2.24) is 4.90 Å². The molecule has 0 saturated heterocycles. The largest absolute Gasteiger partial charge is 0.508 e. The van der Waals surface area contributed by atoms with Crippen LogP contribution in [-0.2, 0) is 14.4 Å². The van der Waals surface area contributed by atoms with Crippen molar-refractivity contribution in [3.8, 4) is 5.75 Å². The van der Waals surface area contributed by atoms with Gasteiger partial charge in [0.25, 0.3) is 5.91 Å². The number of hydrogen-bond acceptors (Lipinski definition) is 8. The van der Waals surface area contributed by atoms with Gasteiger partial charge in [-0.3, -0.25) is 24.1 Å². The molecule has 3 aliphatic carbocycles. The smallest absolute Gasteiger partial charge is 0.255 e. The molecule has 9 nitrogen and oxygen atoms in total. The maximum Gasteiger partial charge on any atom is 0.255 e. The molecule has 11 heteroatoms. The molecule has 1 saturated carbocycles. The van der Waals surface area contributed by atoms with Crippen LogP contribution < -0.4 is 5.73 Å². The number of aromatic hydroxyl groups is 1. The average molecular weight is 497 g/mol. The molecule has 0 aromatic heterocycles. The molecule has 0 unspecified atom stereocenters. The number of ketones is 3. The number of halogens is 2. The van der Waals surface area contributed by atoms with E-state index in [-0.39, 0.29) is 30.0 Å². The van der Waals surface area contributed by atoms with Crippen molar-refractivity contribution in [3.05, 3.63) is 47.2 Å². The van der Waals surface area contributed by atoms with E-state index in [4.69, 9.17) is 17.3 Å². The van der Waals surface area contributed by atoms with Crippen LogP contribution in [0, 0.1) is 11.8 Å². The summed E-state index contributed by atoms with van der Waals surface area (Å²) >= 11 is 6.66. The molecule has 5 N–H and O–H groups in total. The number of nitrogens with zero attached hydrogens (tertiary/aromatic N) is 1. The van der Waals surface area contributed by atoms with Gasteiger partial charge < -0.3 is 21.1 Å². The molecule has 0 aliphatic heterocycles. The number of rotatable bonds is 2. The number of aliphatic hydroxyl groups is 2. The number of carbonyl (C=O) groups excluding carboxylic acids is 4. The molecule has 176 valence electrons. The van der Waals surface area contributed by atoms with Crippen molar-refractivity contribution in [1.29, 1.82) is 0 Å². The number of carbonyl (C=O) groups is 4. The van der Waals surface area contributed by atoms with Gasteiger partial charge >= 0.3 is 0 Å². The lowest BCUT2D eigenvalue weighted by Gasteiger charge is -2.54. The predicted octanol–water partition coefficient (Wildman–Crippen LogP) is 0.748. The van der Waals surface area contributed by atoms with E-state index in [9.17, 15) is 34.5 Å². The summed E-state index contributed by atoms with van der Waals surface area (Å²) in [4.78, 5) is 51.1. The molecular weight excluding hydrogens is 475 g/mol. The molecule has 1 aromatic rings. The normalized spacial score (nSPS) is 33.3. The Bertz CT molecular complexity index is 1180. The van der Waals surface area contributed by atoms with Gasteiger partial charge in [0, 0.05) is 11.8 Å². The van der Waals surface area contributed by atoms with Crippen LogP contribution in [0.2, 0.25) is 0 Å². The summed E-state index contributed by atoms with van der Waals surface area (Å²) in [7, 11) is 3.01. The lowest BCUT2D eigenvalue weighted by atomic mass is 9.53. The zero-order chi connectivity index (χ0) is 23.9. The van der Waals surface area contributed by atoms with Crippen molar-refractivity contribution < 1.29 is 34.5 Å². The molecular formula is C22H22Cl2N2O7. The number of amides is 1. The molecule has 1 amide bonds. The van der Waals surface area contributed by atoms with Crippen LogP contribution in [0.1, 0.15) is 22.3 Å². The first-order valence-corrected chi connectivity index (χ1v) is 10.1. The summed E-state index contributed by atoms with van der Waals surface area (Å²) in [5.41, 5.74) is 1.87. The van der Waals surface area contributed by atoms with Gasteiger partial charge in [-0.2, -0.15) is 0 Å². The number of nitrogens with two attached hydrogens (primary N) is 1. The standard InChI is InChI=1S/C22H21ClN2O7.ClH/c1-8-9-5-4-6-12(26)13(9)17(28)21(23)10(8)7-11-15(25(2)3)16(27)14(19(24)30)18(29)22(11,32)20(21)31;/h4-6,10-11,15,26,29,32H,1,7H2,2-3H3,(H2,24,30);1H/t10-,11+,15+,21+,22-;/m1./s1. The fourth-order valence-electron chi connectivity index (χ4n) is 5.36. The Kier molecular flexibility index (Phi) is 5.79. The van der Waals surface area contributed by atoms with E-state index in [1.807, 2.05) is 0 Å². The monoisotopic (exact) mass is 496 g/mol. The van der Waals surface area contributed by atoms with Crippen LogP contribution in [-0.4, -0.2) is 74.1 Å². The molecule has 0 spiro atoms. The summed E-state index contributed by atoms with van der Waals surface area (Å²) in [5, 5.41) is 32.6. The van der Waals surface area contributed by atoms with Gasteiger partial charge in [0.05, 0.1) is 11.6 Å². The van der Waals surface area contributed by atoms with Gasteiger partial charge in [0.2, 0.25) is 5.78 Å². The molecule has 0 radical (unpaired) electrons. The zero-order valence-electron chi connectivity index (χ0n) is 17.7. The fraction of sp³-hybridized carbons (Fsp3) is 0.364. The number of allylic oxidation sites excluding steroid dienone is 1. The number of hydrogen-bond donors (Lipinski definition) is 4. The summed E-state index contributed by atoms with van der Waals surface area (Å²) in [6, 6.07) is 3.10. The Morgan fingerprint density at radius 1 is 1.24 bits per heavy atom. The van der Waals surface area contributed by atoms with E-state index in [1.54, 1.807) is 6.07 Å². The highest BCUT2D eigenvalue weighted by Gasteiger charge is 2.72. The summed E-state index contributed by atoms with van der Waals surface area (Å²) in [6.07, 6.45) is -0.184. The summed E-state index contributed by atoms with van der Waals surface area (Å²) in [5.74, 6) is -8.37. The van der Waals surface area contributed by atoms with Crippen LogP contribution in [0.25, 0.3) is 5.57 Å². The SMILES string of the molecule is C=C1c2cccc(O)c2C(=O)[C@]2(Cl)C(=O)[C@]3(O)C(O)=C(C(N)=O)C(=O)[C@@H](N(C)C)[C@@H]3C[C@H]12.Cl. The van der Waals surface area contributed by atoms with Gasteiger partial charge in [-0.05, 0) is 37.7 Å². The third-order valence-corrected chi connectivity index (χ3v) is 7.45. The molecule has 4 rings (SSSR count).